The van der Waals surface area contributed by atoms with Crippen molar-refractivity contribution < 1.29 is 14.0 Å². The molecular weight excluding hydrogens is 342 g/mol. The van der Waals surface area contributed by atoms with E-state index in [0.29, 0.717) is 11.5 Å². The maximum Gasteiger partial charge on any atom is 0.246 e. The lowest BCUT2D eigenvalue weighted by atomic mass is 10.1. The number of aromatic nitrogens is 1. The average molecular weight is 363 g/mol. The van der Waals surface area contributed by atoms with Crippen molar-refractivity contribution in [1.29, 1.82) is 0 Å². The van der Waals surface area contributed by atoms with Gasteiger partial charge in [0.1, 0.15) is 5.52 Å². The Morgan fingerprint density at radius 1 is 1.15 bits per heavy atom. The minimum absolute atomic E-state index is 0.0468. The zero-order valence-electron chi connectivity index (χ0n) is 15.3. The van der Waals surface area contributed by atoms with Gasteiger partial charge in [-0.1, -0.05) is 37.3 Å². The molecule has 2 aromatic carbocycles. The van der Waals surface area contributed by atoms with Crippen LogP contribution in [0.15, 0.2) is 59.0 Å². The zero-order valence-corrected chi connectivity index (χ0v) is 15.3. The number of rotatable bonds is 6. The first-order chi connectivity index (χ1) is 13.1. The molecule has 0 radical (unpaired) electrons. The Kier molecular flexibility index (Phi) is 5.66. The van der Waals surface area contributed by atoms with Crippen LogP contribution in [0, 0.1) is 0 Å². The zero-order chi connectivity index (χ0) is 19.2. The number of para-hydroxylation sites is 3. The third-order valence-corrected chi connectivity index (χ3v) is 4.11. The molecule has 0 bridgehead atoms. The molecule has 6 heteroatoms. The fraction of sp³-hybridized carbons (Fsp3) is 0.190. The highest BCUT2D eigenvalue weighted by Crippen LogP contribution is 2.16. The molecule has 1 heterocycles. The van der Waals surface area contributed by atoms with Crippen molar-refractivity contribution in [2.75, 3.05) is 18.9 Å². The first kappa shape index (κ1) is 18.4. The van der Waals surface area contributed by atoms with Gasteiger partial charge in [-0.3, -0.25) is 9.59 Å². The van der Waals surface area contributed by atoms with Crippen LogP contribution in [0.5, 0.6) is 0 Å². The van der Waals surface area contributed by atoms with Crippen molar-refractivity contribution in [2.45, 2.75) is 13.3 Å². The smallest absolute Gasteiger partial charge is 0.246 e. The number of nitrogens with zero attached hydrogens (tertiary/aromatic N) is 2. The van der Waals surface area contributed by atoms with E-state index in [2.05, 4.69) is 10.3 Å². The molecule has 0 aliphatic rings. The molecule has 2 amide bonds. The monoisotopic (exact) mass is 363 g/mol. The van der Waals surface area contributed by atoms with Gasteiger partial charge in [0.15, 0.2) is 5.58 Å². The second-order valence-electron chi connectivity index (χ2n) is 6.11. The number of aryl methyl sites for hydroxylation is 1. The first-order valence-electron chi connectivity index (χ1n) is 8.73. The number of hydrogen-bond acceptors (Lipinski definition) is 4. The van der Waals surface area contributed by atoms with E-state index in [1.165, 1.54) is 17.1 Å². The summed E-state index contributed by atoms with van der Waals surface area (Å²) >= 11 is 0. The highest BCUT2D eigenvalue weighted by atomic mass is 16.3. The fourth-order valence-corrected chi connectivity index (χ4v) is 2.66. The number of amides is 2. The topological polar surface area (TPSA) is 75.4 Å². The van der Waals surface area contributed by atoms with Gasteiger partial charge in [-0.15, -0.1) is 0 Å². The Labute approximate surface area is 157 Å². The number of likely N-dealkylation sites (N-methyl/N-ethyl adjacent to an activating group) is 1. The standard InChI is InChI=1S/C21H21N3O3/c1-3-15-8-4-5-9-16(15)22-19(25)14-24(2)21(26)13-12-20-23-17-10-6-7-11-18(17)27-20/h4-13H,3,14H2,1-2H3,(H,22,25)/b13-12+. The summed E-state index contributed by atoms with van der Waals surface area (Å²) in [5.74, 6) is -0.211. The Bertz CT molecular complexity index is 958. The van der Waals surface area contributed by atoms with Gasteiger partial charge in [-0.25, -0.2) is 4.98 Å². The van der Waals surface area contributed by atoms with E-state index in [1.54, 1.807) is 7.05 Å². The Hall–Kier alpha value is -3.41. The van der Waals surface area contributed by atoms with Gasteiger partial charge in [0.2, 0.25) is 17.7 Å². The van der Waals surface area contributed by atoms with Gasteiger partial charge in [0.25, 0.3) is 0 Å². The number of nitrogens with one attached hydrogen (secondary N) is 1. The minimum atomic E-state index is -0.309. The summed E-state index contributed by atoms with van der Waals surface area (Å²) in [5, 5.41) is 2.85. The predicted molar refractivity (Wildman–Crippen MR) is 105 cm³/mol. The summed E-state index contributed by atoms with van der Waals surface area (Å²) in [6.45, 7) is 1.98. The van der Waals surface area contributed by atoms with Crippen molar-refractivity contribution in [3.8, 4) is 0 Å². The van der Waals surface area contributed by atoms with Crippen molar-refractivity contribution in [1.82, 2.24) is 9.88 Å². The lowest BCUT2D eigenvalue weighted by Gasteiger charge is -2.16. The number of fused-ring (bicyclic) bond motifs is 1. The fourth-order valence-electron chi connectivity index (χ4n) is 2.66. The third-order valence-electron chi connectivity index (χ3n) is 4.11. The Morgan fingerprint density at radius 2 is 1.89 bits per heavy atom. The summed E-state index contributed by atoms with van der Waals surface area (Å²) in [6.07, 6.45) is 3.67. The van der Waals surface area contributed by atoms with Crippen molar-refractivity contribution in [3.63, 3.8) is 0 Å². The minimum Gasteiger partial charge on any atom is -0.437 e. The van der Waals surface area contributed by atoms with Crippen LogP contribution in [-0.4, -0.2) is 35.3 Å². The van der Waals surface area contributed by atoms with Crippen LogP contribution in [0.4, 0.5) is 5.69 Å². The second-order valence-corrected chi connectivity index (χ2v) is 6.11. The summed E-state index contributed by atoms with van der Waals surface area (Å²) < 4.78 is 5.54. The number of anilines is 1. The third kappa shape index (κ3) is 4.61. The highest BCUT2D eigenvalue weighted by Gasteiger charge is 2.12. The van der Waals surface area contributed by atoms with E-state index in [9.17, 15) is 9.59 Å². The number of oxazole rings is 1. The van der Waals surface area contributed by atoms with Crippen molar-refractivity contribution >= 4 is 34.7 Å². The molecule has 1 aromatic heterocycles. The highest BCUT2D eigenvalue weighted by molar-refractivity contribution is 5.98. The number of carbonyl (C=O) groups excluding carboxylic acids is 2. The summed E-state index contributed by atoms with van der Waals surface area (Å²) in [7, 11) is 1.57. The van der Waals surface area contributed by atoms with Crippen LogP contribution in [0.25, 0.3) is 17.2 Å². The lowest BCUT2D eigenvalue weighted by molar-refractivity contribution is -0.129. The molecule has 0 spiro atoms. The van der Waals surface area contributed by atoms with Crippen molar-refractivity contribution in [2.24, 2.45) is 0 Å². The summed E-state index contributed by atoms with van der Waals surface area (Å²) in [6, 6.07) is 15.0. The molecule has 1 N–H and O–H groups in total. The van der Waals surface area contributed by atoms with Gasteiger partial charge in [0, 0.05) is 24.9 Å². The van der Waals surface area contributed by atoms with Crippen molar-refractivity contribution in [3.05, 3.63) is 66.1 Å². The van der Waals surface area contributed by atoms with Gasteiger partial charge >= 0.3 is 0 Å². The quantitative estimate of drug-likeness (QED) is 0.680. The lowest BCUT2D eigenvalue weighted by Crippen LogP contribution is -2.34. The van der Waals surface area contributed by atoms with Gasteiger partial charge in [-0.2, -0.15) is 0 Å². The summed E-state index contributed by atoms with van der Waals surface area (Å²) in [5.41, 5.74) is 3.21. The molecule has 0 aliphatic heterocycles. The molecular formula is C21H21N3O3. The average Bonchev–Trinajstić information content (AvgIpc) is 3.09. The van der Waals surface area contributed by atoms with E-state index >= 15 is 0 Å². The van der Waals surface area contributed by atoms with E-state index in [-0.39, 0.29) is 18.4 Å². The molecule has 3 aromatic rings. The molecule has 0 aliphatic carbocycles. The van der Waals surface area contributed by atoms with Crippen LogP contribution >= 0.6 is 0 Å². The van der Waals surface area contributed by atoms with Gasteiger partial charge in [0.05, 0.1) is 6.54 Å². The first-order valence-corrected chi connectivity index (χ1v) is 8.73. The normalized spacial score (nSPS) is 11.0. The predicted octanol–water partition coefficient (Wildman–Crippen LogP) is 3.50. The number of benzene rings is 2. The maximum absolute atomic E-state index is 12.2. The molecule has 6 nitrogen and oxygen atoms in total. The van der Waals surface area contributed by atoms with Crippen LogP contribution in [0.2, 0.25) is 0 Å². The van der Waals surface area contributed by atoms with E-state index in [4.69, 9.17) is 4.42 Å². The molecule has 3 rings (SSSR count). The van der Waals surface area contributed by atoms with E-state index in [0.717, 1.165) is 23.2 Å². The molecule has 0 saturated heterocycles. The largest absolute Gasteiger partial charge is 0.437 e. The summed E-state index contributed by atoms with van der Waals surface area (Å²) in [4.78, 5) is 30.1. The molecule has 0 saturated carbocycles. The maximum atomic E-state index is 12.2. The van der Waals surface area contributed by atoms with Crippen LogP contribution in [0.3, 0.4) is 0 Å². The number of hydrogen-bond donors (Lipinski definition) is 1. The van der Waals surface area contributed by atoms with Gasteiger partial charge < -0.3 is 14.6 Å². The molecule has 0 unspecified atom stereocenters. The molecule has 27 heavy (non-hydrogen) atoms. The van der Waals surface area contributed by atoms with Crippen LogP contribution < -0.4 is 5.32 Å². The molecule has 0 atom stereocenters. The van der Waals surface area contributed by atoms with Gasteiger partial charge in [-0.05, 0) is 30.2 Å². The molecule has 0 fully saturated rings. The van der Waals surface area contributed by atoms with E-state index in [1.807, 2.05) is 55.5 Å². The molecule has 138 valence electrons. The SMILES string of the molecule is CCc1ccccc1NC(=O)CN(C)C(=O)/C=C/c1nc2ccccc2o1. The Morgan fingerprint density at radius 3 is 2.67 bits per heavy atom. The van der Waals surface area contributed by atoms with Crippen LogP contribution in [-0.2, 0) is 16.0 Å². The second kappa shape index (κ2) is 8.31. The van der Waals surface area contributed by atoms with Crippen LogP contribution in [0.1, 0.15) is 18.4 Å². The van der Waals surface area contributed by atoms with E-state index < -0.39 is 0 Å². The number of carbonyl (C=O) groups is 2. The Balaban J connectivity index is 1.59.